The summed E-state index contributed by atoms with van der Waals surface area (Å²) in [5.41, 5.74) is 0. The molecule has 1 aliphatic heterocycles. The van der Waals surface area contributed by atoms with Crippen molar-refractivity contribution in [2.24, 2.45) is 5.92 Å². The van der Waals surface area contributed by atoms with E-state index in [-0.39, 0.29) is 18.5 Å². The summed E-state index contributed by atoms with van der Waals surface area (Å²) < 4.78 is 43.3. The molecule has 1 aliphatic carbocycles. The third kappa shape index (κ3) is 3.85. The van der Waals surface area contributed by atoms with E-state index in [1.807, 2.05) is 0 Å². The normalized spacial score (nSPS) is 35.8. The Morgan fingerprint density at radius 3 is 2.41 bits per heavy atom. The molecule has 3 unspecified atom stereocenters. The van der Waals surface area contributed by atoms with E-state index >= 15 is 0 Å². The molecule has 17 heavy (non-hydrogen) atoms. The molecule has 0 bridgehead atoms. The number of hydrogen-bond donors (Lipinski definition) is 1. The van der Waals surface area contributed by atoms with E-state index in [9.17, 15) is 13.2 Å². The Morgan fingerprint density at radius 2 is 1.76 bits per heavy atom. The number of alkyl halides is 3. The molecule has 3 atom stereocenters. The minimum absolute atomic E-state index is 0.0158. The first kappa shape index (κ1) is 13.1. The van der Waals surface area contributed by atoms with Crippen molar-refractivity contribution < 1.29 is 17.9 Å². The third-order valence-electron chi connectivity index (χ3n) is 3.77. The minimum atomic E-state index is -4.02. The van der Waals surface area contributed by atoms with Gasteiger partial charge in [-0.3, -0.25) is 0 Å². The number of halogens is 3. The van der Waals surface area contributed by atoms with Crippen molar-refractivity contribution in [3.05, 3.63) is 0 Å². The van der Waals surface area contributed by atoms with Crippen LogP contribution in [0.1, 0.15) is 38.5 Å². The van der Waals surface area contributed by atoms with E-state index < -0.39 is 12.1 Å². The minimum Gasteiger partial charge on any atom is -0.380 e. The van der Waals surface area contributed by atoms with Gasteiger partial charge >= 0.3 is 6.18 Å². The molecule has 0 aromatic rings. The maximum Gasteiger partial charge on any atom is 0.391 e. The highest BCUT2D eigenvalue weighted by Gasteiger charge is 2.42. The standard InChI is InChI=1S/C12H20F3NO/c13-12(14,15)9-3-1-4-10(7-9)16-11-5-2-6-17-8-11/h9-11,16H,1-8H2. The van der Waals surface area contributed by atoms with Gasteiger partial charge in [-0.05, 0) is 32.1 Å². The van der Waals surface area contributed by atoms with E-state index in [1.165, 1.54) is 0 Å². The molecule has 2 nitrogen and oxygen atoms in total. The molecule has 0 aromatic carbocycles. The van der Waals surface area contributed by atoms with E-state index in [2.05, 4.69) is 5.32 Å². The van der Waals surface area contributed by atoms with Crippen molar-refractivity contribution in [2.45, 2.75) is 56.8 Å². The van der Waals surface area contributed by atoms with Crippen LogP contribution in [0.15, 0.2) is 0 Å². The fourth-order valence-corrected chi connectivity index (χ4v) is 2.84. The summed E-state index contributed by atoms with van der Waals surface area (Å²) in [5, 5.41) is 3.33. The SMILES string of the molecule is FC(F)(F)C1CCCC(NC2CCCOC2)C1. The summed E-state index contributed by atoms with van der Waals surface area (Å²) in [5.74, 6) is -1.11. The van der Waals surface area contributed by atoms with E-state index in [4.69, 9.17) is 4.74 Å². The van der Waals surface area contributed by atoms with Crippen LogP contribution in [0.4, 0.5) is 13.2 Å². The van der Waals surface area contributed by atoms with Crippen LogP contribution in [0.2, 0.25) is 0 Å². The zero-order valence-electron chi connectivity index (χ0n) is 9.93. The van der Waals surface area contributed by atoms with Gasteiger partial charge in [-0.25, -0.2) is 0 Å². The van der Waals surface area contributed by atoms with Crippen LogP contribution in [0.5, 0.6) is 0 Å². The van der Waals surface area contributed by atoms with Crippen molar-refractivity contribution in [1.29, 1.82) is 0 Å². The summed E-state index contributed by atoms with van der Waals surface area (Å²) in [6, 6.07) is 0.266. The summed E-state index contributed by atoms with van der Waals surface area (Å²) in [7, 11) is 0. The van der Waals surface area contributed by atoms with Crippen LogP contribution >= 0.6 is 0 Å². The molecule has 2 rings (SSSR count). The molecular weight excluding hydrogens is 231 g/mol. The van der Waals surface area contributed by atoms with E-state index in [0.29, 0.717) is 19.4 Å². The zero-order valence-corrected chi connectivity index (χ0v) is 9.93. The Kier molecular flexibility index (Phi) is 4.31. The Balaban J connectivity index is 1.80. The lowest BCUT2D eigenvalue weighted by atomic mass is 9.85. The van der Waals surface area contributed by atoms with Gasteiger partial charge in [-0.1, -0.05) is 6.42 Å². The monoisotopic (exact) mass is 251 g/mol. The van der Waals surface area contributed by atoms with Crippen molar-refractivity contribution in [2.75, 3.05) is 13.2 Å². The topological polar surface area (TPSA) is 21.3 Å². The molecule has 100 valence electrons. The van der Waals surface area contributed by atoms with Gasteiger partial charge in [0.05, 0.1) is 12.5 Å². The van der Waals surface area contributed by atoms with Gasteiger partial charge in [0.1, 0.15) is 0 Å². The largest absolute Gasteiger partial charge is 0.391 e. The first-order valence-corrected chi connectivity index (χ1v) is 6.46. The maximum atomic E-state index is 12.6. The summed E-state index contributed by atoms with van der Waals surface area (Å²) in [6.45, 7) is 1.43. The van der Waals surface area contributed by atoms with Gasteiger partial charge in [0.2, 0.25) is 0 Å². The molecule has 1 saturated carbocycles. The summed E-state index contributed by atoms with van der Waals surface area (Å²) in [6.07, 6.45) is 0.0744. The summed E-state index contributed by atoms with van der Waals surface area (Å²) in [4.78, 5) is 0. The second-order valence-corrected chi connectivity index (χ2v) is 5.18. The van der Waals surface area contributed by atoms with Crippen LogP contribution in [-0.2, 0) is 4.74 Å². The van der Waals surface area contributed by atoms with Gasteiger partial charge < -0.3 is 10.1 Å². The number of nitrogens with one attached hydrogen (secondary N) is 1. The molecule has 0 spiro atoms. The molecule has 5 heteroatoms. The van der Waals surface area contributed by atoms with Crippen LogP contribution in [-0.4, -0.2) is 31.5 Å². The van der Waals surface area contributed by atoms with Crippen molar-refractivity contribution >= 4 is 0 Å². The quantitative estimate of drug-likeness (QED) is 0.814. The Hall–Kier alpha value is -0.290. The van der Waals surface area contributed by atoms with Gasteiger partial charge in [0.15, 0.2) is 0 Å². The van der Waals surface area contributed by atoms with E-state index in [1.54, 1.807) is 0 Å². The number of rotatable bonds is 2. The number of ether oxygens (including phenoxy) is 1. The average Bonchev–Trinajstić information content (AvgIpc) is 2.29. The lowest BCUT2D eigenvalue weighted by molar-refractivity contribution is -0.184. The third-order valence-corrected chi connectivity index (χ3v) is 3.77. The second-order valence-electron chi connectivity index (χ2n) is 5.18. The lowest BCUT2D eigenvalue weighted by Gasteiger charge is -2.34. The first-order valence-electron chi connectivity index (χ1n) is 6.46. The van der Waals surface area contributed by atoms with Crippen LogP contribution in [0, 0.1) is 5.92 Å². The highest BCUT2D eigenvalue weighted by atomic mass is 19.4. The van der Waals surface area contributed by atoms with Crippen molar-refractivity contribution in [3.8, 4) is 0 Å². The van der Waals surface area contributed by atoms with Crippen molar-refractivity contribution in [3.63, 3.8) is 0 Å². The first-order chi connectivity index (χ1) is 8.05. The van der Waals surface area contributed by atoms with Gasteiger partial charge in [0.25, 0.3) is 0 Å². The fraction of sp³-hybridized carbons (Fsp3) is 1.00. The molecule has 1 N–H and O–H groups in total. The Morgan fingerprint density at radius 1 is 1.00 bits per heavy atom. The molecule has 0 radical (unpaired) electrons. The smallest absolute Gasteiger partial charge is 0.380 e. The predicted molar refractivity (Wildman–Crippen MR) is 58.8 cm³/mol. The van der Waals surface area contributed by atoms with Gasteiger partial charge in [-0.15, -0.1) is 0 Å². The van der Waals surface area contributed by atoms with Crippen LogP contribution in [0.3, 0.4) is 0 Å². The number of hydrogen-bond acceptors (Lipinski definition) is 2. The van der Waals surface area contributed by atoms with Crippen LogP contribution in [0.25, 0.3) is 0 Å². The van der Waals surface area contributed by atoms with Crippen LogP contribution < -0.4 is 5.32 Å². The molecule has 1 heterocycles. The maximum absolute atomic E-state index is 12.6. The molecule has 0 amide bonds. The molecular formula is C12H20F3NO. The Bertz CT molecular complexity index is 238. The second kappa shape index (κ2) is 5.57. The molecule has 0 aromatic heterocycles. The fourth-order valence-electron chi connectivity index (χ4n) is 2.84. The summed E-state index contributed by atoms with van der Waals surface area (Å²) >= 11 is 0. The molecule has 2 fully saturated rings. The van der Waals surface area contributed by atoms with Gasteiger partial charge in [0, 0.05) is 18.7 Å². The Labute approximate surface area is 99.9 Å². The molecule has 2 aliphatic rings. The highest BCUT2D eigenvalue weighted by Crippen LogP contribution is 2.37. The molecule has 1 saturated heterocycles. The van der Waals surface area contributed by atoms with Gasteiger partial charge in [-0.2, -0.15) is 13.2 Å². The van der Waals surface area contributed by atoms with E-state index in [0.717, 1.165) is 25.9 Å². The zero-order chi connectivity index (χ0) is 12.3. The van der Waals surface area contributed by atoms with Crippen molar-refractivity contribution in [1.82, 2.24) is 5.32 Å². The lowest BCUT2D eigenvalue weighted by Crippen LogP contribution is -2.46. The predicted octanol–water partition coefficient (Wildman–Crippen LogP) is 2.88. The average molecular weight is 251 g/mol. The highest BCUT2D eigenvalue weighted by molar-refractivity contribution is 4.84.